The predicted octanol–water partition coefficient (Wildman–Crippen LogP) is 13.9. The van der Waals surface area contributed by atoms with Crippen molar-refractivity contribution in [3.63, 3.8) is 0 Å². The zero-order valence-electron chi connectivity index (χ0n) is 34.5. The molecule has 0 N–H and O–H groups in total. The molecule has 304 valence electrons. The van der Waals surface area contributed by atoms with Crippen LogP contribution in [0.25, 0.3) is 32.9 Å². The van der Waals surface area contributed by atoms with E-state index in [1.807, 2.05) is 6.07 Å². The first-order valence-corrected chi connectivity index (χ1v) is 19.9. The van der Waals surface area contributed by atoms with E-state index in [1.54, 1.807) is 18.2 Å². The summed E-state index contributed by atoms with van der Waals surface area (Å²) in [6, 6.07) is 41.4. The maximum atomic E-state index is 12.6. The van der Waals surface area contributed by atoms with Gasteiger partial charge in [0.05, 0.1) is 5.56 Å². The number of anilines is 6. The molecule has 6 aromatic carbocycles. The minimum absolute atomic E-state index is 0. The van der Waals surface area contributed by atoms with Gasteiger partial charge in [-0.05, 0) is 95.2 Å². The average molecular weight is 971 g/mol. The number of para-hydroxylation sites is 5. The predicted molar refractivity (Wildman–Crippen MR) is 235 cm³/mol. The SMILES string of the molecule is CC(C)c1cc(C(C)C)c(-c2cc(N3[CH-]N(C)c4ccccc43)[c-]c(N3[CH-]N(C)c4ccccc43)c2)c(C(C)C)c1.FC(F)(F)c1ccc2[n-]c3ccccc3c2c1.[Pt+4]. The van der Waals surface area contributed by atoms with Crippen LogP contribution in [0.4, 0.5) is 47.3 Å². The molecule has 0 amide bonds. The van der Waals surface area contributed by atoms with Crippen molar-refractivity contribution in [2.75, 3.05) is 33.7 Å². The van der Waals surface area contributed by atoms with Crippen LogP contribution >= 0.6 is 0 Å². The molecule has 59 heavy (non-hydrogen) atoms. The van der Waals surface area contributed by atoms with Crippen molar-refractivity contribution < 1.29 is 34.2 Å². The van der Waals surface area contributed by atoms with Gasteiger partial charge in [0.25, 0.3) is 0 Å². The van der Waals surface area contributed by atoms with Crippen LogP contribution in [0.2, 0.25) is 0 Å². The van der Waals surface area contributed by atoms with E-state index in [0.29, 0.717) is 28.7 Å². The summed E-state index contributed by atoms with van der Waals surface area (Å²) >= 11 is 0. The van der Waals surface area contributed by atoms with Gasteiger partial charge >= 0.3 is 27.2 Å². The molecular weight excluding hydrogens is 923 g/mol. The van der Waals surface area contributed by atoms with Gasteiger partial charge in [0, 0.05) is 22.7 Å². The molecule has 0 aliphatic carbocycles. The number of aromatic nitrogens is 1. The Morgan fingerprint density at radius 1 is 0.559 bits per heavy atom. The summed E-state index contributed by atoms with van der Waals surface area (Å²) in [4.78, 5) is 13.2. The van der Waals surface area contributed by atoms with Gasteiger partial charge in [-0.2, -0.15) is 26.5 Å². The Morgan fingerprint density at radius 2 is 1.03 bits per heavy atom. The Balaban J connectivity index is 0.000000244. The molecule has 0 saturated heterocycles. The third-order valence-corrected chi connectivity index (χ3v) is 11.2. The van der Waals surface area contributed by atoms with Gasteiger partial charge in [0.15, 0.2) is 0 Å². The Labute approximate surface area is 360 Å². The van der Waals surface area contributed by atoms with Crippen LogP contribution in [-0.2, 0) is 27.2 Å². The topological polar surface area (TPSA) is 27.1 Å². The molecule has 7 aromatic rings. The van der Waals surface area contributed by atoms with E-state index in [2.05, 4.69) is 172 Å². The molecular formula is C50H48F3N5Pt. The first-order valence-electron chi connectivity index (χ1n) is 19.9. The number of halogens is 3. The van der Waals surface area contributed by atoms with Gasteiger partial charge < -0.3 is 24.6 Å². The number of rotatable bonds is 6. The van der Waals surface area contributed by atoms with Gasteiger partial charge in [-0.1, -0.05) is 114 Å². The molecule has 0 saturated carbocycles. The molecule has 0 unspecified atom stereocenters. The maximum Gasteiger partial charge on any atom is 4.00 e. The molecule has 0 atom stereocenters. The monoisotopic (exact) mass is 970 g/mol. The van der Waals surface area contributed by atoms with E-state index < -0.39 is 11.7 Å². The molecule has 5 nitrogen and oxygen atoms in total. The summed E-state index contributed by atoms with van der Waals surface area (Å²) in [6.45, 7) is 18.2. The van der Waals surface area contributed by atoms with E-state index in [1.165, 1.54) is 56.6 Å². The Bertz CT molecular complexity index is 2520. The van der Waals surface area contributed by atoms with Crippen molar-refractivity contribution in [2.45, 2.75) is 65.5 Å². The zero-order valence-corrected chi connectivity index (χ0v) is 36.8. The summed E-state index contributed by atoms with van der Waals surface area (Å²) < 4.78 is 37.8. The largest absolute Gasteiger partial charge is 4.00 e. The van der Waals surface area contributed by atoms with Crippen LogP contribution in [0.5, 0.6) is 0 Å². The number of hydrogen-bond acceptors (Lipinski definition) is 4. The third kappa shape index (κ3) is 7.96. The zero-order chi connectivity index (χ0) is 41.0. The van der Waals surface area contributed by atoms with Gasteiger partial charge in [-0.3, -0.25) is 0 Å². The number of fused-ring (bicyclic) bond motifs is 5. The van der Waals surface area contributed by atoms with Crippen LogP contribution in [0.1, 0.15) is 81.5 Å². The summed E-state index contributed by atoms with van der Waals surface area (Å²) in [5.41, 5.74) is 14.3. The first-order chi connectivity index (χ1) is 27.7. The van der Waals surface area contributed by atoms with Crippen molar-refractivity contribution in [1.29, 1.82) is 0 Å². The number of nitrogens with zero attached hydrogens (tertiary/aromatic N) is 5. The van der Waals surface area contributed by atoms with Crippen LogP contribution in [0, 0.1) is 19.4 Å². The standard InChI is InChI=1S/C37H41N4.C13H7F3N.Pt/c1-24(2)27-19-31(25(3)4)37(32(20-27)26(5)6)28-17-29(40-22-38(7)33-13-9-11-15-35(33)40)21-30(18-28)41-23-39(8)34-14-10-12-16-36(34)41;14-13(15,16)8-5-6-12-10(7-8)9-3-1-2-4-11(9)17-12;/h9-20,22-26H,1-8H3;1-7H;/q-3;-1;+4. The summed E-state index contributed by atoms with van der Waals surface area (Å²) in [6.07, 6.45) is -4.31. The molecule has 0 fully saturated rings. The van der Waals surface area contributed by atoms with Crippen LogP contribution in [0.15, 0.2) is 115 Å². The van der Waals surface area contributed by atoms with Crippen LogP contribution in [-0.4, -0.2) is 14.1 Å². The van der Waals surface area contributed by atoms with Crippen molar-refractivity contribution in [2.24, 2.45) is 0 Å². The Hall–Kier alpha value is -5.20. The molecule has 9 heteroatoms. The second kappa shape index (κ2) is 16.5. The average Bonchev–Trinajstić information content (AvgIpc) is 3.87. The van der Waals surface area contributed by atoms with Crippen LogP contribution < -0.4 is 24.6 Å². The van der Waals surface area contributed by atoms with Crippen LogP contribution in [0.3, 0.4) is 0 Å². The molecule has 1 aromatic heterocycles. The van der Waals surface area contributed by atoms with Gasteiger partial charge in [0.2, 0.25) is 0 Å². The van der Waals surface area contributed by atoms with Gasteiger partial charge in [-0.15, -0.1) is 46.2 Å². The van der Waals surface area contributed by atoms with E-state index >= 15 is 0 Å². The summed E-state index contributed by atoms with van der Waals surface area (Å²) in [7, 11) is 4.23. The molecule has 0 radical (unpaired) electrons. The van der Waals surface area contributed by atoms with E-state index in [9.17, 15) is 13.2 Å². The minimum Gasteiger partial charge on any atom is -0.657 e. The fourth-order valence-electron chi connectivity index (χ4n) is 8.10. The smallest absolute Gasteiger partial charge is 0.657 e. The van der Waals surface area contributed by atoms with Crippen molar-refractivity contribution in [3.05, 3.63) is 157 Å². The molecule has 3 heterocycles. The number of alkyl halides is 3. The van der Waals surface area contributed by atoms with E-state index in [0.717, 1.165) is 34.4 Å². The van der Waals surface area contributed by atoms with Crippen molar-refractivity contribution in [3.8, 4) is 11.1 Å². The fourth-order valence-corrected chi connectivity index (χ4v) is 8.10. The van der Waals surface area contributed by atoms with E-state index in [-0.39, 0.29) is 21.1 Å². The van der Waals surface area contributed by atoms with Gasteiger partial charge in [0.1, 0.15) is 0 Å². The van der Waals surface area contributed by atoms with Gasteiger partial charge in [-0.25, -0.2) is 0 Å². The Morgan fingerprint density at radius 3 is 1.53 bits per heavy atom. The third-order valence-electron chi connectivity index (χ3n) is 11.2. The molecule has 2 aliphatic heterocycles. The second-order valence-electron chi connectivity index (χ2n) is 16.2. The number of hydrogen-bond donors (Lipinski definition) is 0. The molecule has 0 spiro atoms. The second-order valence-corrected chi connectivity index (χ2v) is 16.2. The Kier molecular flexibility index (Phi) is 11.7. The van der Waals surface area contributed by atoms with Crippen molar-refractivity contribution in [1.82, 2.24) is 4.98 Å². The fraction of sp³-hybridized carbons (Fsp3) is 0.240. The normalized spacial score (nSPS) is 13.7. The summed E-state index contributed by atoms with van der Waals surface area (Å²) in [5.74, 6) is 1.27. The number of benzene rings is 6. The quantitative estimate of drug-likeness (QED) is 0.155. The molecule has 9 rings (SSSR count). The van der Waals surface area contributed by atoms with E-state index in [4.69, 9.17) is 0 Å². The first kappa shape index (κ1) is 41.9. The van der Waals surface area contributed by atoms with Crippen molar-refractivity contribution >= 4 is 55.9 Å². The maximum absolute atomic E-state index is 12.6. The molecule has 2 aliphatic rings. The molecule has 0 bridgehead atoms. The summed E-state index contributed by atoms with van der Waals surface area (Å²) in [5, 5.41) is 1.31. The minimum atomic E-state index is -4.31.